The summed E-state index contributed by atoms with van der Waals surface area (Å²) < 4.78 is 7.93. The first kappa shape index (κ1) is 26.4. The predicted molar refractivity (Wildman–Crippen MR) is 160 cm³/mol. The van der Waals surface area contributed by atoms with Crippen LogP contribution in [0.5, 0.6) is 5.75 Å². The molecule has 2 aromatic heterocycles. The normalized spacial score (nSPS) is 17.2. The van der Waals surface area contributed by atoms with Crippen LogP contribution in [0.25, 0.3) is 5.69 Å². The van der Waals surface area contributed by atoms with Gasteiger partial charge in [-0.2, -0.15) is 0 Å². The number of para-hydroxylation sites is 1. The number of hydrogen-bond acceptors (Lipinski definition) is 4. The fraction of sp³-hybridized carbons (Fsp3) is 0.258. The van der Waals surface area contributed by atoms with Gasteiger partial charge in [-0.05, 0) is 67.2 Å². The van der Waals surface area contributed by atoms with Crippen LogP contribution in [0.3, 0.4) is 0 Å². The Hall–Kier alpha value is -4.17. The minimum absolute atomic E-state index is 0.0870. The van der Waals surface area contributed by atoms with Gasteiger partial charge in [-0.3, -0.25) is 9.78 Å². The molecule has 2 N–H and O–H groups in total. The van der Waals surface area contributed by atoms with Crippen molar-refractivity contribution < 1.29 is 9.53 Å². The highest BCUT2D eigenvalue weighted by atomic mass is 32.1. The minimum Gasteiger partial charge on any atom is -0.494 e. The van der Waals surface area contributed by atoms with Gasteiger partial charge >= 0.3 is 0 Å². The number of pyridine rings is 1. The number of benzene rings is 2. The van der Waals surface area contributed by atoms with Gasteiger partial charge in [0.05, 0.1) is 24.5 Å². The molecule has 2 aromatic carbocycles. The van der Waals surface area contributed by atoms with Crippen molar-refractivity contribution in [2.75, 3.05) is 17.3 Å². The molecule has 0 unspecified atom stereocenters. The Morgan fingerprint density at radius 2 is 1.82 bits per heavy atom. The van der Waals surface area contributed by atoms with Crippen molar-refractivity contribution in [1.29, 1.82) is 0 Å². The summed E-state index contributed by atoms with van der Waals surface area (Å²) in [4.78, 5) is 19.5. The van der Waals surface area contributed by atoms with Gasteiger partial charge < -0.3 is 24.8 Å². The van der Waals surface area contributed by atoms with Gasteiger partial charge in [0.1, 0.15) is 11.8 Å². The lowest BCUT2D eigenvalue weighted by Gasteiger charge is -2.30. The molecule has 1 fully saturated rings. The van der Waals surface area contributed by atoms with E-state index in [1.54, 1.807) is 13.3 Å². The molecule has 8 heteroatoms. The van der Waals surface area contributed by atoms with E-state index in [0.717, 1.165) is 22.8 Å². The Morgan fingerprint density at radius 1 is 1.05 bits per heavy atom. The summed E-state index contributed by atoms with van der Waals surface area (Å²) >= 11 is 5.93. The third kappa shape index (κ3) is 5.12. The second-order valence-corrected chi connectivity index (χ2v) is 11.1. The lowest BCUT2D eigenvalue weighted by atomic mass is 9.95. The summed E-state index contributed by atoms with van der Waals surface area (Å²) in [5.74, 6) is 0.471. The summed E-state index contributed by atoms with van der Waals surface area (Å²) in [5, 5.41) is 7.11. The van der Waals surface area contributed by atoms with Crippen LogP contribution in [0.2, 0.25) is 0 Å². The van der Waals surface area contributed by atoms with Crippen LogP contribution in [0.15, 0.2) is 85.2 Å². The maximum absolute atomic E-state index is 12.7. The van der Waals surface area contributed by atoms with Crippen LogP contribution in [0.1, 0.15) is 49.8 Å². The number of ether oxygens (including phenoxy) is 1. The van der Waals surface area contributed by atoms with Gasteiger partial charge in [0.25, 0.3) is 0 Å². The van der Waals surface area contributed by atoms with E-state index >= 15 is 0 Å². The monoisotopic (exact) mass is 539 g/mol. The van der Waals surface area contributed by atoms with E-state index in [-0.39, 0.29) is 18.0 Å². The average molecular weight is 540 g/mol. The van der Waals surface area contributed by atoms with Crippen molar-refractivity contribution in [2.45, 2.75) is 39.8 Å². The number of rotatable bonds is 6. The number of aromatic nitrogens is 2. The molecule has 1 aliphatic heterocycles. The zero-order chi connectivity index (χ0) is 27.7. The van der Waals surface area contributed by atoms with Crippen LogP contribution >= 0.6 is 12.2 Å². The third-order valence-corrected chi connectivity index (χ3v) is 7.26. The molecule has 39 heavy (non-hydrogen) atoms. The van der Waals surface area contributed by atoms with Crippen molar-refractivity contribution in [1.82, 2.24) is 14.9 Å². The molecule has 3 heterocycles. The molecule has 1 aliphatic rings. The number of nitrogens with one attached hydrogen (secondary N) is 2. The third-order valence-electron chi connectivity index (χ3n) is 6.95. The molecule has 1 saturated heterocycles. The van der Waals surface area contributed by atoms with Gasteiger partial charge in [-0.15, -0.1) is 0 Å². The number of nitrogens with zero attached hydrogens (tertiary/aromatic N) is 3. The molecule has 2 atom stereocenters. The summed E-state index contributed by atoms with van der Waals surface area (Å²) in [6.45, 7) is 7.75. The first-order valence-electron chi connectivity index (χ1n) is 12.9. The van der Waals surface area contributed by atoms with Crippen molar-refractivity contribution in [3.63, 3.8) is 0 Å². The summed E-state index contributed by atoms with van der Waals surface area (Å²) in [7, 11) is 1.60. The molecule has 4 aromatic rings. The van der Waals surface area contributed by atoms with Crippen molar-refractivity contribution in [3.8, 4) is 11.4 Å². The van der Waals surface area contributed by atoms with E-state index in [1.807, 2.05) is 69.3 Å². The highest BCUT2D eigenvalue weighted by Crippen LogP contribution is 2.44. The molecule has 0 bridgehead atoms. The Balaban J connectivity index is 1.62. The number of aryl methyl sites for hydroxylation is 1. The van der Waals surface area contributed by atoms with E-state index in [1.165, 1.54) is 5.56 Å². The van der Waals surface area contributed by atoms with Crippen LogP contribution < -0.4 is 20.3 Å². The van der Waals surface area contributed by atoms with Gasteiger partial charge in [0.15, 0.2) is 5.11 Å². The SMILES string of the molecule is COc1cc(N2C(=S)N[C@@H](c3ccccn3)[C@H]2c2cccn2-c2ccccc2C)ccc1NC(=O)C(C)(C)C. The van der Waals surface area contributed by atoms with E-state index in [4.69, 9.17) is 17.0 Å². The number of methoxy groups -OCH3 is 1. The smallest absolute Gasteiger partial charge is 0.229 e. The molecule has 0 aliphatic carbocycles. The number of carbonyl (C=O) groups is 1. The Labute approximate surface area is 234 Å². The highest BCUT2D eigenvalue weighted by molar-refractivity contribution is 7.80. The largest absolute Gasteiger partial charge is 0.494 e. The maximum atomic E-state index is 12.7. The van der Waals surface area contributed by atoms with E-state index in [2.05, 4.69) is 62.5 Å². The Kier molecular flexibility index (Phi) is 7.14. The zero-order valence-corrected chi connectivity index (χ0v) is 23.6. The zero-order valence-electron chi connectivity index (χ0n) is 22.8. The second-order valence-electron chi connectivity index (χ2n) is 10.7. The number of hydrogen-bond donors (Lipinski definition) is 2. The molecule has 7 nitrogen and oxygen atoms in total. The van der Waals surface area contributed by atoms with E-state index in [9.17, 15) is 4.79 Å². The van der Waals surface area contributed by atoms with Gasteiger partial charge in [0.2, 0.25) is 5.91 Å². The van der Waals surface area contributed by atoms with Gasteiger partial charge in [-0.1, -0.05) is 45.0 Å². The first-order valence-corrected chi connectivity index (χ1v) is 13.3. The summed E-state index contributed by atoms with van der Waals surface area (Å²) in [6, 6.07) is 23.8. The molecule has 200 valence electrons. The van der Waals surface area contributed by atoms with Crippen LogP contribution in [-0.2, 0) is 4.79 Å². The van der Waals surface area contributed by atoms with Gasteiger partial charge in [0, 0.05) is 40.9 Å². The predicted octanol–water partition coefficient (Wildman–Crippen LogP) is 6.35. The molecular formula is C31H33N5O2S. The number of carbonyl (C=O) groups excluding carboxylic acids is 1. The van der Waals surface area contributed by atoms with E-state index < -0.39 is 5.41 Å². The molecule has 5 rings (SSSR count). The number of thiocarbonyl (C=S) groups is 1. The molecule has 1 amide bonds. The lowest BCUT2D eigenvalue weighted by molar-refractivity contribution is -0.123. The van der Waals surface area contributed by atoms with Crippen LogP contribution in [-0.4, -0.2) is 27.7 Å². The topological polar surface area (TPSA) is 71.4 Å². The van der Waals surface area contributed by atoms with Crippen LogP contribution in [0, 0.1) is 12.3 Å². The Bertz CT molecular complexity index is 1510. The molecule has 0 spiro atoms. The maximum Gasteiger partial charge on any atom is 0.229 e. The molecule has 0 saturated carbocycles. The molecule has 0 radical (unpaired) electrons. The van der Waals surface area contributed by atoms with Crippen molar-refractivity contribution >= 4 is 34.6 Å². The van der Waals surface area contributed by atoms with Crippen molar-refractivity contribution in [3.05, 3.63) is 102 Å². The summed E-state index contributed by atoms with van der Waals surface area (Å²) in [6.07, 6.45) is 3.88. The summed E-state index contributed by atoms with van der Waals surface area (Å²) in [5.41, 5.74) is 5.16. The average Bonchev–Trinajstić information content (AvgIpc) is 3.53. The second kappa shape index (κ2) is 10.5. The lowest BCUT2D eigenvalue weighted by Crippen LogP contribution is -2.30. The van der Waals surface area contributed by atoms with Crippen LogP contribution in [0.4, 0.5) is 11.4 Å². The van der Waals surface area contributed by atoms with Crippen molar-refractivity contribution in [2.24, 2.45) is 5.41 Å². The molecular weight excluding hydrogens is 506 g/mol. The minimum atomic E-state index is -0.536. The first-order chi connectivity index (χ1) is 18.7. The number of anilines is 2. The van der Waals surface area contributed by atoms with E-state index in [0.29, 0.717) is 16.5 Å². The number of amides is 1. The van der Waals surface area contributed by atoms with Gasteiger partial charge in [-0.25, -0.2) is 0 Å². The fourth-order valence-corrected chi connectivity index (χ4v) is 5.21. The highest BCUT2D eigenvalue weighted by Gasteiger charge is 2.42. The fourth-order valence-electron chi connectivity index (χ4n) is 4.86. The Morgan fingerprint density at radius 3 is 2.51 bits per heavy atom. The standard InChI is InChI=1S/C31H33N5O2S/c1-20-11-6-7-13-24(20)35-18-10-14-25(35)28-27(23-12-8-9-17-32-23)34-30(39)36(28)21-15-16-22(26(19-21)38-5)33-29(37)31(2,3)4/h6-19,27-28H,1-5H3,(H,33,37)(H,34,39)/t27-,28+/m0/s1. The quantitative estimate of drug-likeness (QED) is 0.278.